The largest absolute Gasteiger partial charge is 0.390 e. The number of aliphatic hydroxyl groups excluding tert-OH is 1. The van der Waals surface area contributed by atoms with Gasteiger partial charge in [0.2, 0.25) is 0 Å². The lowest BCUT2D eigenvalue weighted by molar-refractivity contribution is 0.206. The van der Waals surface area contributed by atoms with Gasteiger partial charge >= 0.3 is 0 Å². The second-order valence-electron chi connectivity index (χ2n) is 3.17. The maximum absolute atomic E-state index is 9.01. The van der Waals surface area contributed by atoms with Gasteiger partial charge in [-0.1, -0.05) is 11.6 Å². The Morgan fingerprint density at radius 3 is 2.87 bits per heavy atom. The molecule has 1 aromatic heterocycles. The predicted molar refractivity (Wildman–Crippen MR) is 60.3 cm³/mol. The smallest absolute Gasteiger partial charge is 0.128 e. The van der Waals surface area contributed by atoms with E-state index in [2.05, 4.69) is 4.98 Å². The van der Waals surface area contributed by atoms with Crippen molar-refractivity contribution in [3.8, 4) is 0 Å². The van der Waals surface area contributed by atoms with Crippen LogP contribution in [0.25, 0.3) is 0 Å². The van der Waals surface area contributed by atoms with Gasteiger partial charge in [-0.05, 0) is 12.1 Å². The van der Waals surface area contributed by atoms with E-state index in [1.165, 1.54) is 0 Å². The number of rotatable bonds is 5. The second-order valence-corrected chi connectivity index (χ2v) is 3.58. The zero-order valence-corrected chi connectivity index (χ0v) is 9.66. The summed E-state index contributed by atoms with van der Waals surface area (Å²) in [6.45, 7) is 1.23. The molecule has 0 aliphatic rings. The van der Waals surface area contributed by atoms with Crippen molar-refractivity contribution >= 4 is 17.4 Å². The third-order valence-electron chi connectivity index (χ3n) is 2.08. The van der Waals surface area contributed by atoms with E-state index in [0.717, 1.165) is 12.4 Å². The number of methoxy groups -OCH3 is 1. The molecule has 1 N–H and O–H groups in total. The SMILES string of the molecule is COCCN(C)c1ccc(Cl)c(CO)n1. The highest BCUT2D eigenvalue weighted by atomic mass is 35.5. The normalized spacial score (nSPS) is 10.4. The van der Waals surface area contributed by atoms with Crippen molar-refractivity contribution in [3.63, 3.8) is 0 Å². The van der Waals surface area contributed by atoms with Gasteiger partial charge in [0.15, 0.2) is 0 Å². The molecule has 1 rings (SSSR count). The average molecular weight is 231 g/mol. The molecule has 5 heteroatoms. The molecule has 0 aliphatic heterocycles. The highest BCUT2D eigenvalue weighted by Crippen LogP contribution is 2.18. The topological polar surface area (TPSA) is 45.6 Å². The number of halogens is 1. The molecule has 0 aliphatic carbocycles. The molecular weight excluding hydrogens is 216 g/mol. The Bertz CT molecular complexity index is 320. The number of aromatic nitrogens is 1. The van der Waals surface area contributed by atoms with Gasteiger partial charge in [0.1, 0.15) is 5.82 Å². The molecule has 0 radical (unpaired) electrons. The van der Waals surface area contributed by atoms with Gasteiger partial charge in [-0.2, -0.15) is 0 Å². The van der Waals surface area contributed by atoms with E-state index in [9.17, 15) is 0 Å². The summed E-state index contributed by atoms with van der Waals surface area (Å²) in [7, 11) is 3.57. The highest BCUT2D eigenvalue weighted by molar-refractivity contribution is 6.31. The lowest BCUT2D eigenvalue weighted by Crippen LogP contribution is -2.23. The lowest BCUT2D eigenvalue weighted by atomic mass is 10.3. The van der Waals surface area contributed by atoms with Crippen LogP contribution in [-0.4, -0.2) is 37.4 Å². The quantitative estimate of drug-likeness (QED) is 0.829. The van der Waals surface area contributed by atoms with Crippen LogP contribution in [-0.2, 0) is 11.3 Å². The van der Waals surface area contributed by atoms with E-state index in [-0.39, 0.29) is 6.61 Å². The lowest BCUT2D eigenvalue weighted by Gasteiger charge is -2.18. The molecule has 0 spiro atoms. The fourth-order valence-electron chi connectivity index (χ4n) is 1.14. The number of hydrogen-bond acceptors (Lipinski definition) is 4. The number of ether oxygens (including phenoxy) is 1. The van der Waals surface area contributed by atoms with E-state index < -0.39 is 0 Å². The molecule has 0 unspecified atom stereocenters. The van der Waals surface area contributed by atoms with Gasteiger partial charge in [-0.3, -0.25) is 0 Å². The van der Waals surface area contributed by atoms with Crippen LogP contribution in [0.3, 0.4) is 0 Å². The Labute approximate surface area is 94.4 Å². The molecule has 0 fully saturated rings. The van der Waals surface area contributed by atoms with Crippen LogP contribution in [0.2, 0.25) is 5.02 Å². The summed E-state index contributed by atoms with van der Waals surface area (Å²) in [5, 5.41) is 9.50. The van der Waals surface area contributed by atoms with Crippen LogP contribution < -0.4 is 4.90 Å². The number of nitrogens with zero attached hydrogens (tertiary/aromatic N) is 2. The number of hydrogen-bond donors (Lipinski definition) is 1. The first-order valence-electron chi connectivity index (χ1n) is 4.65. The summed E-state index contributed by atoms with van der Waals surface area (Å²) in [6, 6.07) is 3.55. The van der Waals surface area contributed by atoms with Gasteiger partial charge < -0.3 is 14.7 Å². The van der Waals surface area contributed by atoms with Crippen LogP contribution in [0, 0.1) is 0 Å². The van der Waals surface area contributed by atoms with Crippen LogP contribution in [0.5, 0.6) is 0 Å². The molecule has 84 valence electrons. The maximum atomic E-state index is 9.01. The minimum atomic E-state index is -0.148. The number of anilines is 1. The van der Waals surface area contributed by atoms with Gasteiger partial charge in [-0.15, -0.1) is 0 Å². The Morgan fingerprint density at radius 2 is 2.27 bits per heavy atom. The molecular formula is C10H15ClN2O2. The first-order chi connectivity index (χ1) is 7.19. The number of likely N-dealkylation sites (N-methyl/N-ethyl adjacent to an activating group) is 1. The molecule has 0 saturated heterocycles. The first kappa shape index (κ1) is 12.2. The molecule has 0 atom stereocenters. The van der Waals surface area contributed by atoms with E-state index in [1.807, 2.05) is 18.0 Å². The minimum Gasteiger partial charge on any atom is -0.390 e. The highest BCUT2D eigenvalue weighted by Gasteiger charge is 2.06. The van der Waals surface area contributed by atoms with Crippen molar-refractivity contribution in [2.45, 2.75) is 6.61 Å². The molecule has 0 aromatic carbocycles. The molecule has 4 nitrogen and oxygen atoms in total. The average Bonchev–Trinajstić information content (AvgIpc) is 2.26. The Kier molecular flexibility index (Phi) is 4.81. The van der Waals surface area contributed by atoms with E-state index in [1.54, 1.807) is 13.2 Å². The van der Waals surface area contributed by atoms with Crippen LogP contribution in [0.15, 0.2) is 12.1 Å². The summed E-state index contributed by atoms with van der Waals surface area (Å²) in [6.07, 6.45) is 0. The monoisotopic (exact) mass is 230 g/mol. The van der Waals surface area contributed by atoms with Gasteiger partial charge in [0.05, 0.1) is 23.9 Å². The Hall–Kier alpha value is -0.840. The fourth-order valence-corrected chi connectivity index (χ4v) is 1.30. The van der Waals surface area contributed by atoms with Crippen LogP contribution in [0.4, 0.5) is 5.82 Å². The summed E-state index contributed by atoms with van der Waals surface area (Å²) in [5.41, 5.74) is 0.499. The van der Waals surface area contributed by atoms with E-state index in [0.29, 0.717) is 17.3 Å². The fraction of sp³-hybridized carbons (Fsp3) is 0.500. The maximum Gasteiger partial charge on any atom is 0.128 e. The summed E-state index contributed by atoms with van der Waals surface area (Å²) >= 11 is 5.84. The molecule has 0 amide bonds. The number of pyridine rings is 1. The minimum absolute atomic E-state index is 0.148. The van der Waals surface area contributed by atoms with Crippen molar-refractivity contribution in [1.82, 2.24) is 4.98 Å². The predicted octanol–water partition coefficient (Wildman–Crippen LogP) is 1.31. The van der Waals surface area contributed by atoms with E-state index in [4.69, 9.17) is 21.4 Å². The van der Waals surface area contributed by atoms with Gasteiger partial charge in [0, 0.05) is 20.7 Å². The van der Waals surface area contributed by atoms with Crippen molar-refractivity contribution in [2.75, 3.05) is 32.2 Å². The third-order valence-corrected chi connectivity index (χ3v) is 2.42. The Morgan fingerprint density at radius 1 is 1.53 bits per heavy atom. The van der Waals surface area contributed by atoms with Crippen molar-refractivity contribution < 1.29 is 9.84 Å². The van der Waals surface area contributed by atoms with Gasteiger partial charge in [-0.25, -0.2) is 4.98 Å². The summed E-state index contributed by atoms with van der Waals surface area (Å²) < 4.78 is 4.97. The molecule has 0 saturated carbocycles. The second kappa shape index (κ2) is 5.90. The standard InChI is InChI=1S/C10H15ClN2O2/c1-13(5-6-15-2)10-4-3-8(11)9(7-14)12-10/h3-4,14H,5-7H2,1-2H3. The first-order valence-corrected chi connectivity index (χ1v) is 5.03. The Balaban J connectivity index is 2.76. The zero-order valence-electron chi connectivity index (χ0n) is 8.90. The number of aliphatic hydroxyl groups is 1. The van der Waals surface area contributed by atoms with Crippen molar-refractivity contribution in [1.29, 1.82) is 0 Å². The van der Waals surface area contributed by atoms with Crippen molar-refractivity contribution in [3.05, 3.63) is 22.8 Å². The van der Waals surface area contributed by atoms with Crippen molar-refractivity contribution in [2.24, 2.45) is 0 Å². The zero-order chi connectivity index (χ0) is 11.3. The molecule has 0 bridgehead atoms. The molecule has 15 heavy (non-hydrogen) atoms. The van der Waals surface area contributed by atoms with Gasteiger partial charge in [0.25, 0.3) is 0 Å². The molecule has 1 aromatic rings. The summed E-state index contributed by atoms with van der Waals surface area (Å²) in [5.74, 6) is 0.778. The van der Waals surface area contributed by atoms with Crippen LogP contribution in [0.1, 0.15) is 5.69 Å². The van der Waals surface area contributed by atoms with E-state index >= 15 is 0 Å². The summed E-state index contributed by atoms with van der Waals surface area (Å²) in [4.78, 5) is 6.18. The third kappa shape index (κ3) is 3.34. The molecule has 1 heterocycles. The van der Waals surface area contributed by atoms with Crippen LogP contribution >= 0.6 is 11.6 Å².